The van der Waals surface area contributed by atoms with E-state index in [4.69, 9.17) is 0 Å². The highest BCUT2D eigenvalue weighted by molar-refractivity contribution is 5.98. The van der Waals surface area contributed by atoms with Crippen LogP contribution in [0.3, 0.4) is 0 Å². The maximum atomic E-state index is 14.5. The molecule has 0 spiro atoms. The molecular formula is C22H17FN4O. The number of carbonyl (C=O) groups excluding carboxylic acids is 1. The average molecular weight is 372 g/mol. The molecule has 1 aliphatic heterocycles. The van der Waals surface area contributed by atoms with E-state index in [0.717, 1.165) is 27.7 Å². The van der Waals surface area contributed by atoms with Gasteiger partial charge in [-0.05, 0) is 41.5 Å². The van der Waals surface area contributed by atoms with Gasteiger partial charge in [-0.15, -0.1) is 0 Å². The van der Waals surface area contributed by atoms with Crippen molar-refractivity contribution in [2.45, 2.75) is 13.1 Å². The fourth-order valence-electron chi connectivity index (χ4n) is 3.79. The van der Waals surface area contributed by atoms with Crippen molar-refractivity contribution >= 4 is 16.8 Å². The fraction of sp³-hybridized carbons (Fsp3) is 0.136. The molecule has 2 aromatic carbocycles. The van der Waals surface area contributed by atoms with E-state index in [1.54, 1.807) is 34.0 Å². The van der Waals surface area contributed by atoms with E-state index < -0.39 is 0 Å². The summed E-state index contributed by atoms with van der Waals surface area (Å²) < 4.78 is 16.3. The van der Waals surface area contributed by atoms with Gasteiger partial charge in [0, 0.05) is 36.9 Å². The van der Waals surface area contributed by atoms with Crippen LogP contribution in [0.25, 0.3) is 22.0 Å². The third-order valence-corrected chi connectivity index (χ3v) is 5.13. The van der Waals surface area contributed by atoms with Gasteiger partial charge in [0.2, 0.25) is 0 Å². The zero-order valence-electron chi connectivity index (χ0n) is 15.3. The van der Waals surface area contributed by atoms with Gasteiger partial charge in [0.1, 0.15) is 5.82 Å². The minimum absolute atomic E-state index is 0.109. The Bertz CT molecular complexity index is 1230. The van der Waals surface area contributed by atoms with Crippen molar-refractivity contribution < 1.29 is 9.18 Å². The van der Waals surface area contributed by atoms with E-state index in [9.17, 15) is 9.18 Å². The Labute approximate surface area is 161 Å². The summed E-state index contributed by atoms with van der Waals surface area (Å²) in [7, 11) is 1.88. The van der Waals surface area contributed by atoms with Crippen molar-refractivity contribution in [2.24, 2.45) is 7.05 Å². The minimum atomic E-state index is -0.321. The molecule has 1 aliphatic rings. The second-order valence-corrected chi connectivity index (χ2v) is 7.01. The Balaban J connectivity index is 1.51. The molecule has 0 radical (unpaired) electrons. The van der Waals surface area contributed by atoms with Crippen LogP contribution in [0.5, 0.6) is 0 Å². The molecule has 0 fully saturated rings. The molecule has 2 aromatic heterocycles. The van der Waals surface area contributed by atoms with E-state index >= 15 is 0 Å². The normalized spacial score (nSPS) is 13.4. The second-order valence-electron chi connectivity index (χ2n) is 7.01. The quantitative estimate of drug-likeness (QED) is 0.548. The molecule has 1 amide bonds. The number of nitrogens with zero attached hydrogens (tertiary/aromatic N) is 4. The number of fused-ring (bicyclic) bond motifs is 2. The topological polar surface area (TPSA) is 51.0 Å². The molecule has 0 saturated carbocycles. The summed E-state index contributed by atoms with van der Waals surface area (Å²) in [4.78, 5) is 18.5. The molecule has 28 heavy (non-hydrogen) atoms. The van der Waals surface area contributed by atoms with Crippen molar-refractivity contribution in [1.29, 1.82) is 0 Å². The molecule has 0 atom stereocenters. The largest absolute Gasteiger partial charge is 0.328 e. The Morgan fingerprint density at radius 3 is 2.82 bits per heavy atom. The number of benzene rings is 2. The van der Waals surface area contributed by atoms with Gasteiger partial charge in [-0.1, -0.05) is 18.2 Å². The standard InChI is InChI=1S/C22H17FN4O/c1-26-12-18-16(4-2-6-20(18)25-26)14-7-8-19(23)15(10-14)11-27-13-21-17(22(27)28)5-3-9-24-21/h2-10,12H,11,13H2,1H3. The van der Waals surface area contributed by atoms with Crippen LogP contribution in [0.2, 0.25) is 0 Å². The van der Waals surface area contributed by atoms with E-state index in [1.165, 1.54) is 6.07 Å². The second kappa shape index (κ2) is 6.27. The van der Waals surface area contributed by atoms with Gasteiger partial charge in [-0.2, -0.15) is 5.10 Å². The third-order valence-electron chi connectivity index (χ3n) is 5.13. The number of rotatable bonds is 3. The molecule has 138 valence electrons. The summed E-state index contributed by atoms with van der Waals surface area (Å²) >= 11 is 0. The number of pyridine rings is 1. The van der Waals surface area contributed by atoms with Crippen LogP contribution in [-0.4, -0.2) is 25.6 Å². The zero-order chi connectivity index (χ0) is 19.3. The predicted molar refractivity (Wildman–Crippen MR) is 104 cm³/mol. The lowest BCUT2D eigenvalue weighted by Crippen LogP contribution is -2.23. The lowest BCUT2D eigenvalue weighted by molar-refractivity contribution is 0.0765. The molecule has 0 N–H and O–H groups in total. The van der Waals surface area contributed by atoms with Crippen LogP contribution < -0.4 is 0 Å². The summed E-state index contributed by atoms with van der Waals surface area (Å²) in [6.07, 6.45) is 3.63. The van der Waals surface area contributed by atoms with Gasteiger partial charge in [0.15, 0.2) is 0 Å². The molecule has 4 aromatic rings. The van der Waals surface area contributed by atoms with Crippen molar-refractivity contribution in [3.05, 3.63) is 83.6 Å². The molecule has 0 saturated heterocycles. The van der Waals surface area contributed by atoms with Crippen molar-refractivity contribution in [3.8, 4) is 11.1 Å². The predicted octanol–water partition coefficient (Wildman–Crippen LogP) is 3.93. The maximum Gasteiger partial charge on any atom is 0.256 e. The highest BCUT2D eigenvalue weighted by Gasteiger charge is 2.28. The lowest BCUT2D eigenvalue weighted by atomic mass is 9.99. The summed E-state index contributed by atoms with van der Waals surface area (Å²) in [5, 5.41) is 5.45. The summed E-state index contributed by atoms with van der Waals surface area (Å²) in [6, 6.07) is 14.5. The SMILES string of the molecule is Cn1cc2c(-c3ccc(F)c(CN4Cc5ncccc5C4=O)c3)cccc2n1. The first-order chi connectivity index (χ1) is 13.6. The highest BCUT2D eigenvalue weighted by Crippen LogP contribution is 2.30. The van der Waals surface area contributed by atoms with Crippen LogP contribution in [0.1, 0.15) is 21.6 Å². The van der Waals surface area contributed by atoms with Crippen LogP contribution in [0.15, 0.2) is 60.9 Å². The van der Waals surface area contributed by atoms with Gasteiger partial charge in [-0.25, -0.2) is 4.39 Å². The Morgan fingerprint density at radius 2 is 1.96 bits per heavy atom. The van der Waals surface area contributed by atoms with E-state index in [2.05, 4.69) is 10.1 Å². The summed E-state index contributed by atoms with van der Waals surface area (Å²) in [6.45, 7) is 0.606. The number of amides is 1. The Morgan fingerprint density at radius 1 is 1.11 bits per heavy atom. The third kappa shape index (κ3) is 2.65. The maximum absolute atomic E-state index is 14.5. The van der Waals surface area contributed by atoms with E-state index in [1.807, 2.05) is 37.5 Å². The average Bonchev–Trinajstić information content (AvgIpc) is 3.23. The van der Waals surface area contributed by atoms with Crippen LogP contribution in [-0.2, 0) is 20.1 Å². The van der Waals surface area contributed by atoms with Crippen LogP contribution >= 0.6 is 0 Å². The number of hydrogen-bond acceptors (Lipinski definition) is 3. The number of carbonyl (C=O) groups is 1. The van der Waals surface area contributed by atoms with Gasteiger partial charge in [0.05, 0.1) is 23.3 Å². The number of hydrogen-bond donors (Lipinski definition) is 0. The number of aromatic nitrogens is 3. The molecular weight excluding hydrogens is 355 g/mol. The van der Waals surface area contributed by atoms with E-state index in [0.29, 0.717) is 17.7 Å². The smallest absolute Gasteiger partial charge is 0.256 e. The first-order valence-electron chi connectivity index (χ1n) is 9.04. The number of aryl methyl sites for hydroxylation is 1. The van der Waals surface area contributed by atoms with Gasteiger partial charge in [0.25, 0.3) is 5.91 Å². The zero-order valence-corrected chi connectivity index (χ0v) is 15.3. The minimum Gasteiger partial charge on any atom is -0.328 e. The van der Waals surface area contributed by atoms with Crippen LogP contribution in [0, 0.1) is 5.82 Å². The molecule has 0 unspecified atom stereocenters. The summed E-state index contributed by atoms with van der Waals surface area (Å²) in [5.74, 6) is -0.430. The van der Waals surface area contributed by atoms with Crippen molar-refractivity contribution in [3.63, 3.8) is 0 Å². The van der Waals surface area contributed by atoms with Gasteiger partial charge in [-0.3, -0.25) is 14.5 Å². The molecule has 0 bridgehead atoms. The van der Waals surface area contributed by atoms with E-state index in [-0.39, 0.29) is 18.3 Å². The first kappa shape index (κ1) is 16.6. The van der Waals surface area contributed by atoms with Gasteiger partial charge < -0.3 is 4.90 Å². The molecule has 0 aliphatic carbocycles. The summed E-state index contributed by atoms with van der Waals surface area (Å²) in [5.41, 5.74) is 4.60. The lowest BCUT2D eigenvalue weighted by Gasteiger charge is -2.17. The molecule has 6 heteroatoms. The number of halogens is 1. The fourth-order valence-corrected chi connectivity index (χ4v) is 3.79. The molecule has 5 nitrogen and oxygen atoms in total. The monoisotopic (exact) mass is 372 g/mol. The Hall–Kier alpha value is -3.54. The van der Waals surface area contributed by atoms with Crippen molar-refractivity contribution in [1.82, 2.24) is 19.7 Å². The Kier molecular flexibility index (Phi) is 3.72. The molecule has 3 heterocycles. The van der Waals surface area contributed by atoms with Crippen molar-refractivity contribution in [2.75, 3.05) is 0 Å². The van der Waals surface area contributed by atoms with Crippen LogP contribution in [0.4, 0.5) is 4.39 Å². The first-order valence-corrected chi connectivity index (χ1v) is 9.04. The van der Waals surface area contributed by atoms with Gasteiger partial charge >= 0.3 is 0 Å². The highest BCUT2D eigenvalue weighted by atomic mass is 19.1. The molecule has 5 rings (SSSR count).